The molecule has 0 spiro atoms. The molecule has 1 atom stereocenters. The second-order valence-electron chi connectivity index (χ2n) is 4.66. The van der Waals surface area contributed by atoms with Gasteiger partial charge in [0, 0.05) is 25.7 Å². The predicted molar refractivity (Wildman–Crippen MR) is 74.0 cm³/mol. The van der Waals surface area contributed by atoms with E-state index in [9.17, 15) is 13.2 Å². The molecule has 1 aromatic rings. The third-order valence-corrected chi connectivity index (χ3v) is 5.39. The molecular weight excluding hydrogens is 280 g/mol. The van der Waals surface area contributed by atoms with E-state index in [0.717, 1.165) is 0 Å². The van der Waals surface area contributed by atoms with E-state index in [2.05, 4.69) is 10.1 Å². The molecule has 2 rings (SSSR count). The zero-order chi connectivity index (χ0) is 14.8. The number of piperazine rings is 1. The number of methoxy groups -OCH3 is 1. The van der Waals surface area contributed by atoms with Crippen LogP contribution in [0.1, 0.15) is 17.3 Å². The van der Waals surface area contributed by atoms with Crippen LogP contribution in [0.4, 0.5) is 0 Å². The van der Waals surface area contributed by atoms with E-state index < -0.39 is 16.0 Å². The van der Waals surface area contributed by atoms with Crippen LogP contribution in [-0.2, 0) is 14.8 Å². The van der Waals surface area contributed by atoms with Crippen molar-refractivity contribution in [3.8, 4) is 0 Å². The second-order valence-corrected chi connectivity index (χ2v) is 6.52. The van der Waals surface area contributed by atoms with Crippen LogP contribution in [0, 0.1) is 0 Å². The molecule has 1 aromatic carbocycles. The molecule has 6 nitrogen and oxygen atoms in total. The Morgan fingerprint density at radius 3 is 2.75 bits per heavy atom. The Hall–Kier alpha value is -1.44. The standard InChI is InChI=1S/C13H18N2O4S/c1-10-9-14-7-8-15(10)20(17,18)12-6-4-3-5-11(12)13(16)19-2/h3-6,10,14H,7-9H2,1-2H3/t10-/m1/s1. The summed E-state index contributed by atoms with van der Waals surface area (Å²) in [5.74, 6) is -0.646. The number of rotatable bonds is 3. The summed E-state index contributed by atoms with van der Waals surface area (Å²) in [5, 5.41) is 3.14. The maximum atomic E-state index is 12.7. The lowest BCUT2D eigenvalue weighted by Crippen LogP contribution is -2.52. The highest BCUT2D eigenvalue weighted by molar-refractivity contribution is 7.89. The van der Waals surface area contributed by atoms with Crippen molar-refractivity contribution in [1.29, 1.82) is 0 Å². The topological polar surface area (TPSA) is 75.7 Å². The summed E-state index contributed by atoms with van der Waals surface area (Å²) in [7, 11) is -2.47. The number of benzene rings is 1. The van der Waals surface area contributed by atoms with E-state index in [1.54, 1.807) is 12.1 Å². The monoisotopic (exact) mass is 298 g/mol. The molecule has 0 aromatic heterocycles. The molecule has 1 aliphatic heterocycles. The van der Waals surface area contributed by atoms with Gasteiger partial charge in [0.15, 0.2) is 0 Å². The summed E-state index contributed by atoms with van der Waals surface area (Å²) in [4.78, 5) is 11.7. The largest absolute Gasteiger partial charge is 0.465 e. The number of carbonyl (C=O) groups excluding carboxylic acids is 1. The fraction of sp³-hybridized carbons (Fsp3) is 0.462. The number of carbonyl (C=O) groups is 1. The average Bonchev–Trinajstić information content (AvgIpc) is 2.46. The zero-order valence-electron chi connectivity index (χ0n) is 11.5. The molecule has 0 bridgehead atoms. The second kappa shape index (κ2) is 5.90. The van der Waals surface area contributed by atoms with Gasteiger partial charge in [-0.2, -0.15) is 4.31 Å². The molecule has 0 amide bonds. The first-order valence-electron chi connectivity index (χ1n) is 6.38. The van der Waals surface area contributed by atoms with Crippen LogP contribution >= 0.6 is 0 Å². The smallest absolute Gasteiger partial charge is 0.339 e. The van der Waals surface area contributed by atoms with Gasteiger partial charge in [-0.25, -0.2) is 13.2 Å². The molecule has 1 heterocycles. The van der Waals surface area contributed by atoms with Gasteiger partial charge >= 0.3 is 5.97 Å². The normalized spacial score (nSPS) is 20.6. The molecule has 0 unspecified atom stereocenters. The van der Waals surface area contributed by atoms with Crippen molar-refractivity contribution in [3.05, 3.63) is 29.8 Å². The number of nitrogens with one attached hydrogen (secondary N) is 1. The zero-order valence-corrected chi connectivity index (χ0v) is 12.3. The summed E-state index contributed by atoms with van der Waals surface area (Å²) in [6, 6.07) is 5.97. The van der Waals surface area contributed by atoms with Crippen LogP contribution in [0.3, 0.4) is 0 Å². The van der Waals surface area contributed by atoms with Gasteiger partial charge in [-0.3, -0.25) is 0 Å². The van der Waals surface area contributed by atoms with Gasteiger partial charge in [-0.1, -0.05) is 12.1 Å². The van der Waals surface area contributed by atoms with E-state index >= 15 is 0 Å². The fourth-order valence-electron chi connectivity index (χ4n) is 2.28. The number of hydrogen-bond donors (Lipinski definition) is 1. The van der Waals surface area contributed by atoms with Crippen LogP contribution in [-0.4, -0.2) is 51.5 Å². The van der Waals surface area contributed by atoms with Crippen molar-refractivity contribution in [2.75, 3.05) is 26.7 Å². The van der Waals surface area contributed by atoms with Crippen LogP contribution in [0.5, 0.6) is 0 Å². The maximum absolute atomic E-state index is 12.7. The lowest BCUT2D eigenvalue weighted by Gasteiger charge is -2.33. The molecule has 20 heavy (non-hydrogen) atoms. The van der Waals surface area contributed by atoms with E-state index in [1.807, 2.05) is 6.92 Å². The van der Waals surface area contributed by atoms with Gasteiger partial charge < -0.3 is 10.1 Å². The highest BCUT2D eigenvalue weighted by Gasteiger charge is 2.33. The Bertz CT molecular complexity index is 600. The Balaban J connectivity index is 2.46. The maximum Gasteiger partial charge on any atom is 0.339 e. The first-order valence-corrected chi connectivity index (χ1v) is 7.82. The molecule has 0 radical (unpaired) electrons. The van der Waals surface area contributed by atoms with Crippen molar-refractivity contribution < 1.29 is 17.9 Å². The molecule has 1 saturated heterocycles. The third-order valence-electron chi connectivity index (χ3n) is 3.32. The Kier molecular flexibility index (Phi) is 4.42. The number of hydrogen-bond acceptors (Lipinski definition) is 5. The van der Waals surface area contributed by atoms with Crippen molar-refractivity contribution >= 4 is 16.0 Å². The number of ether oxygens (including phenoxy) is 1. The number of esters is 1. The quantitative estimate of drug-likeness (QED) is 0.820. The molecule has 1 N–H and O–H groups in total. The molecule has 1 aliphatic rings. The van der Waals surface area contributed by atoms with Crippen molar-refractivity contribution in [2.24, 2.45) is 0 Å². The number of nitrogens with zero attached hydrogens (tertiary/aromatic N) is 1. The molecule has 1 fully saturated rings. The first kappa shape index (κ1) is 15.0. The van der Waals surface area contributed by atoms with Gasteiger partial charge in [0.1, 0.15) is 0 Å². The van der Waals surface area contributed by atoms with Crippen LogP contribution in [0.25, 0.3) is 0 Å². The molecule has 7 heteroatoms. The molecule has 0 saturated carbocycles. The minimum Gasteiger partial charge on any atom is -0.465 e. The minimum atomic E-state index is -3.70. The summed E-state index contributed by atoms with van der Waals surface area (Å²) < 4.78 is 31.5. The molecule has 0 aliphatic carbocycles. The SMILES string of the molecule is COC(=O)c1ccccc1S(=O)(=O)N1CCNC[C@H]1C. The van der Waals surface area contributed by atoms with E-state index in [4.69, 9.17) is 0 Å². The number of sulfonamides is 1. The lowest BCUT2D eigenvalue weighted by atomic mass is 10.2. The Morgan fingerprint density at radius 2 is 2.10 bits per heavy atom. The average molecular weight is 298 g/mol. The first-order chi connectivity index (χ1) is 9.48. The van der Waals surface area contributed by atoms with Gasteiger partial charge in [0.25, 0.3) is 0 Å². The van der Waals surface area contributed by atoms with E-state index in [1.165, 1.54) is 23.5 Å². The van der Waals surface area contributed by atoms with E-state index in [-0.39, 0.29) is 16.5 Å². The summed E-state index contributed by atoms with van der Waals surface area (Å²) in [6.45, 7) is 3.42. The van der Waals surface area contributed by atoms with Crippen molar-refractivity contribution in [3.63, 3.8) is 0 Å². The Labute approximate surface area is 118 Å². The highest BCUT2D eigenvalue weighted by Crippen LogP contribution is 2.23. The lowest BCUT2D eigenvalue weighted by molar-refractivity contribution is 0.0596. The van der Waals surface area contributed by atoms with Crippen molar-refractivity contribution in [1.82, 2.24) is 9.62 Å². The van der Waals surface area contributed by atoms with Crippen LogP contribution in [0.2, 0.25) is 0 Å². The minimum absolute atomic E-state index is 0.000556. The van der Waals surface area contributed by atoms with Crippen LogP contribution < -0.4 is 5.32 Å². The van der Waals surface area contributed by atoms with Crippen molar-refractivity contribution in [2.45, 2.75) is 17.9 Å². The summed E-state index contributed by atoms with van der Waals surface area (Å²) in [6.07, 6.45) is 0. The molecule has 110 valence electrons. The Morgan fingerprint density at radius 1 is 1.40 bits per heavy atom. The van der Waals surface area contributed by atoms with Crippen LogP contribution in [0.15, 0.2) is 29.2 Å². The van der Waals surface area contributed by atoms with E-state index in [0.29, 0.717) is 19.6 Å². The highest BCUT2D eigenvalue weighted by atomic mass is 32.2. The van der Waals surface area contributed by atoms with Gasteiger partial charge in [0.2, 0.25) is 10.0 Å². The van der Waals surface area contributed by atoms with Gasteiger partial charge in [0.05, 0.1) is 17.6 Å². The van der Waals surface area contributed by atoms with Gasteiger partial charge in [-0.15, -0.1) is 0 Å². The van der Waals surface area contributed by atoms with Gasteiger partial charge in [-0.05, 0) is 19.1 Å². The predicted octanol–water partition coefficient (Wildman–Crippen LogP) is 0.456. The third kappa shape index (κ3) is 2.70. The summed E-state index contributed by atoms with van der Waals surface area (Å²) in [5.41, 5.74) is 0.0701. The fourth-order valence-corrected chi connectivity index (χ4v) is 4.09. The molecular formula is C13H18N2O4S. The summed E-state index contributed by atoms with van der Waals surface area (Å²) >= 11 is 0.